The zero-order chi connectivity index (χ0) is 15.0. The minimum atomic E-state index is -3.85. The molecule has 108 valence electrons. The molecular formula is C12H10ClN5O2S. The van der Waals surface area contributed by atoms with E-state index in [2.05, 4.69) is 19.7 Å². The smallest absolute Gasteiger partial charge is 0.265 e. The summed E-state index contributed by atoms with van der Waals surface area (Å²) < 4.78 is 26.8. The van der Waals surface area contributed by atoms with Crippen LogP contribution in [0.2, 0.25) is 5.02 Å². The van der Waals surface area contributed by atoms with Crippen LogP contribution in [0.1, 0.15) is 0 Å². The molecule has 0 unspecified atom stereocenters. The van der Waals surface area contributed by atoms with E-state index in [1.165, 1.54) is 6.07 Å². The summed E-state index contributed by atoms with van der Waals surface area (Å²) in [6.45, 7) is 0. The van der Waals surface area contributed by atoms with Crippen LogP contribution in [0, 0.1) is 0 Å². The molecule has 9 heteroatoms. The molecule has 0 radical (unpaired) electrons. The summed E-state index contributed by atoms with van der Waals surface area (Å²) >= 11 is 5.78. The second-order valence-corrected chi connectivity index (χ2v) is 6.34. The number of nitrogens with two attached hydrogens (primary N) is 1. The molecule has 2 aromatic heterocycles. The maximum Gasteiger partial charge on any atom is 0.265 e. The van der Waals surface area contributed by atoms with Gasteiger partial charge in [-0.2, -0.15) is 0 Å². The quantitative estimate of drug-likeness (QED) is 0.682. The van der Waals surface area contributed by atoms with Crippen molar-refractivity contribution in [1.29, 1.82) is 0 Å². The number of imidazole rings is 1. The van der Waals surface area contributed by atoms with Crippen molar-refractivity contribution in [1.82, 2.24) is 15.0 Å². The number of nitrogens with one attached hydrogen (secondary N) is 2. The average molecular weight is 324 g/mol. The number of aromatic nitrogens is 3. The highest BCUT2D eigenvalue weighted by Crippen LogP contribution is 2.22. The molecule has 21 heavy (non-hydrogen) atoms. The number of halogens is 1. The van der Waals surface area contributed by atoms with Crippen LogP contribution in [0.5, 0.6) is 0 Å². The Morgan fingerprint density at radius 3 is 2.76 bits per heavy atom. The summed E-state index contributed by atoms with van der Waals surface area (Å²) in [6, 6.07) is 8.43. The van der Waals surface area contributed by atoms with Crippen molar-refractivity contribution in [3.05, 3.63) is 41.6 Å². The van der Waals surface area contributed by atoms with Crippen molar-refractivity contribution in [2.45, 2.75) is 4.90 Å². The Hall–Kier alpha value is -2.32. The van der Waals surface area contributed by atoms with Gasteiger partial charge >= 0.3 is 0 Å². The van der Waals surface area contributed by atoms with Crippen molar-refractivity contribution in [3.8, 4) is 0 Å². The first-order chi connectivity index (χ1) is 9.95. The molecule has 0 amide bonds. The fourth-order valence-electron chi connectivity index (χ4n) is 1.77. The number of pyridine rings is 1. The van der Waals surface area contributed by atoms with Crippen molar-refractivity contribution in [2.75, 3.05) is 10.5 Å². The van der Waals surface area contributed by atoms with E-state index in [1.807, 2.05) is 12.1 Å². The normalized spacial score (nSPS) is 11.7. The second-order valence-electron chi connectivity index (χ2n) is 4.25. The van der Waals surface area contributed by atoms with Crippen molar-refractivity contribution >= 4 is 44.4 Å². The van der Waals surface area contributed by atoms with E-state index < -0.39 is 10.0 Å². The number of rotatable bonds is 3. The highest BCUT2D eigenvalue weighted by atomic mass is 35.5. The molecule has 7 nitrogen and oxygen atoms in total. The summed E-state index contributed by atoms with van der Waals surface area (Å²) in [5.74, 6) is 0.184. The lowest BCUT2D eigenvalue weighted by atomic mass is 10.3. The maximum atomic E-state index is 12.2. The van der Waals surface area contributed by atoms with Gasteiger partial charge in [0.05, 0.1) is 16.1 Å². The van der Waals surface area contributed by atoms with Crippen LogP contribution in [-0.4, -0.2) is 23.4 Å². The Morgan fingerprint density at radius 1 is 1.29 bits per heavy atom. The predicted octanol–water partition coefficient (Wildman–Crippen LogP) is 1.99. The number of hydrogen-bond acceptors (Lipinski definition) is 5. The highest BCUT2D eigenvalue weighted by molar-refractivity contribution is 7.92. The van der Waals surface area contributed by atoms with Crippen LogP contribution < -0.4 is 10.5 Å². The van der Waals surface area contributed by atoms with Crippen molar-refractivity contribution < 1.29 is 8.42 Å². The lowest BCUT2D eigenvalue weighted by Crippen LogP contribution is -2.14. The van der Waals surface area contributed by atoms with Gasteiger partial charge in [-0.25, -0.2) is 23.1 Å². The lowest BCUT2D eigenvalue weighted by molar-refractivity contribution is 0.600. The minimum absolute atomic E-state index is 0.0688. The Bertz CT molecular complexity index is 889. The maximum absolute atomic E-state index is 12.2. The van der Waals surface area contributed by atoms with Crippen LogP contribution in [0.4, 0.5) is 11.8 Å². The number of anilines is 2. The van der Waals surface area contributed by atoms with Gasteiger partial charge in [-0.1, -0.05) is 23.7 Å². The van der Waals surface area contributed by atoms with Crippen LogP contribution in [0.3, 0.4) is 0 Å². The van der Waals surface area contributed by atoms with E-state index >= 15 is 0 Å². The molecule has 0 spiro atoms. The molecule has 4 N–H and O–H groups in total. The molecule has 3 aromatic rings. The number of hydrogen-bond donors (Lipinski definition) is 3. The van der Waals surface area contributed by atoms with E-state index in [0.717, 1.165) is 11.7 Å². The molecule has 0 aliphatic carbocycles. The van der Waals surface area contributed by atoms with Gasteiger partial charge in [0.1, 0.15) is 10.7 Å². The van der Waals surface area contributed by atoms with E-state index in [0.29, 0.717) is 5.52 Å². The molecule has 0 fully saturated rings. The van der Waals surface area contributed by atoms with Gasteiger partial charge in [0.15, 0.2) is 0 Å². The predicted molar refractivity (Wildman–Crippen MR) is 80.6 cm³/mol. The van der Waals surface area contributed by atoms with Crippen LogP contribution in [0.25, 0.3) is 11.0 Å². The second kappa shape index (κ2) is 4.90. The SMILES string of the molecule is Nc1ncc(S(=O)(=O)Nc2nc3ccccc3[nH]2)cc1Cl. The van der Waals surface area contributed by atoms with Gasteiger partial charge in [0.25, 0.3) is 10.0 Å². The Kier molecular flexibility index (Phi) is 3.19. The fourth-order valence-corrected chi connectivity index (χ4v) is 2.93. The minimum Gasteiger partial charge on any atom is -0.382 e. The third-order valence-corrected chi connectivity index (χ3v) is 4.38. The summed E-state index contributed by atoms with van der Waals surface area (Å²) in [7, 11) is -3.85. The monoisotopic (exact) mass is 323 g/mol. The summed E-state index contributed by atoms with van der Waals surface area (Å²) in [6.07, 6.45) is 1.13. The molecule has 0 atom stereocenters. The topological polar surface area (TPSA) is 114 Å². The standard InChI is InChI=1S/C12H10ClN5O2S/c13-8-5-7(6-15-11(8)14)21(19,20)18-12-16-9-3-1-2-4-10(9)17-12/h1-6H,(H2,14,15)(H2,16,17,18). The van der Waals surface area contributed by atoms with Gasteiger partial charge in [0, 0.05) is 6.20 Å². The van der Waals surface area contributed by atoms with Gasteiger partial charge in [-0.15, -0.1) is 0 Å². The van der Waals surface area contributed by atoms with Gasteiger partial charge in [-0.05, 0) is 18.2 Å². The molecule has 3 rings (SSSR count). The van der Waals surface area contributed by atoms with E-state index in [4.69, 9.17) is 17.3 Å². The van der Waals surface area contributed by atoms with Crippen molar-refractivity contribution in [2.24, 2.45) is 0 Å². The lowest BCUT2D eigenvalue weighted by Gasteiger charge is -2.05. The number of nitrogens with zero attached hydrogens (tertiary/aromatic N) is 2. The molecule has 0 saturated carbocycles. The molecule has 2 heterocycles. The first-order valence-electron chi connectivity index (χ1n) is 5.84. The highest BCUT2D eigenvalue weighted by Gasteiger charge is 2.18. The van der Waals surface area contributed by atoms with Gasteiger partial charge in [-0.3, -0.25) is 0 Å². The zero-order valence-corrected chi connectivity index (χ0v) is 12.1. The molecule has 0 aliphatic heterocycles. The van der Waals surface area contributed by atoms with E-state index in [9.17, 15) is 8.42 Å². The largest absolute Gasteiger partial charge is 0.382 e. The van der Waals surface area contributed by atoms with Crippen LogP contribution in [0.15, 0.2) is 41.4 Å². The first-order valence-corrected chi connectivity index (χ1v) is 7.70. The Balaban J connectivity index is 1.96. The van der Waals surface area contributed by atoms with Crippen LogP contribution in [-0.2, 0) is 10.0 Å². The third-order valence-electron chi connectivity index (χ3n) is 2.78. The van der Waals surface area contributed by atoms with Gasteiger partial charge in [0.2, 0.25) is 5.95 Å². The zero-order valence-electron chi connectivity index (χ0n) is 10.5. The number of para-hydroxylation sites is 2. The van der Waals surface area contributed by atoms with Crippen molar-refractivity contribution in [3.63, 3.8) is 0 Å². The summed E-state index contributed by atoms with van der Waals surface area (Å²) in [5.41, 5.74) is 6.84. The third kappa shape index (κ3) is 2.63. The molecule has 1 aromatic carbocycles. The molecule has 0 saturated heterocycles. The molecular weight excluding hydrogens is 314 g/mol. The Labute approximate surface area is 125 Å². The molecule has 0 bridgehead atoms. The van der Waals surface area contributed by atoms with E-state index in [-0.39, 0.29) is 21.7 Å². The van der Waals surface area contributed by atoms with Crippen LogP contribution >= 0.6 is 11.6 Å². The number of benzene rings is 1. The number of aromatic amines is 1. The van der Waals surface area contributed by atoms with Gasteiger partial charge < -0.3 is 10.7 Å². The Morgan fingerprint density at radius 2 is 2.05 bits per heavy atom. The molecule has 0 aliphatic rings. The number of nitrogen functional groups attached to an aromatic ring is 1. The summed E-state index contributed by atoms with van der Waals surface area (Å²) in [5, 5.41) is 0.0717. The number of sulfonamides is 1. The van der Waals surface area contributed by atoms with E-state index in [1.54, 1.807) is 12.1 Å². The fraction of sp³-hybridized carbons (Fsp3) is 0. The number of fused-ring (bicyclic) bond motifs is 1. The average Bonchev–Trinajstić information content (AvgIpc) is 2.82. The summed E-state index contributed by atoms with van der Waals surface area (Å²) in [4.78, 5) is 10.6. The number of H-pyrrole nitrogens is 1. The first kappa shape index (κ1) is 13.7.